The monoisotopic (exact) mass is 255 g/mol. The number of likely N-dealkylation sites (N-methyl/N-ethyl adjacent to an activating group) is 1. The van der Waals surface area contributed by atoms with E-state index in [1.165, 1.54) is 32.1 Å². The Kier molecular flexibility index (Phi) is 8.01. The van der Waals surface area contributed by atoms with Gasteiger partial charge in [0, 0.05) is 13.1 Å². The van der Waals surface area contributed by atoms with Gasteiger partial charge in [0.2, 0.25) is 5.91 Å². The van der Waals surface area contributed by atoms with E-state index in [0.29, 0.717) is 12.5 Å². The van der Waals surface area contributed by atoms with E-state index in [4.69, 9.17) is 0 Å². The van der Waals surface area contributed by atoms with Gasteiger partial charge in [-0.15, -0.1) is 0 Å². The molecule has 0 unspecified atom stereocenters. The van der Waals surface area contributed by atoms with E-state index in [0.717, 1.165) is 32.6 Å². The summed E-state index contributed by atoms with van der Waals surface area (Å²) >= 11 is 0. The fourth-order valence-corrected chi connectivity index (χ4v) is 2.43. The van der Waals surface area contributed by atoms with E-state index in [1.807, 2.05) is 14.1 Å². The predicted octanol–water partition coefficient (Wildman–Crippen LogP) is 1.32. The highest BCUT2D eigenvalue weighted by Gasteiger charge is 2.15. The lowest BCUT2D eigenvalue weighted by Crippen LogP contribution is -2.41. The summed E-state index contributed by atoms with van der Waals surface area (Å²) in [4.78, 5) is 16.4. The Morgan fingerprint density at radius 1 is 1.17 bits per heavy atom. The van der Waals surface area contributed by atoms with Gasteiger partial charge < -0.3 is 10.2 Å². The molecule has 106 valence electrons. The Labute approximate surface area is 112 Å². The molecule has 1 rings (SSSR count). The summed E-state index contributed by atoms with van der Waals surface area (Å²) in [5, 5.41) is 3.13. The zero-order valence-electron chi connectivity index (χ0n) is 12.1. The standard InChI is InChI=1S/C14H29N3O/c1-15-9-8-10-16(2)13-14(18)17-11-6-4-3-5-7-12-17/h15H,3-13H2,1-2H3. The Hall–Kier alpha value is -0.610. The molecule has 1 aliphatic rings. The van der Waals surface area contributed by atoms with Crippen molar-refractivity contribution in [2.75, 3.05) is 46.8 Å². The number of carbonyl (C=O) groups is 1. The summed E-state index contributed by atoms with van der Waals surface area (Å²) in [6.45, 7) is 4.50. The topological polar surface area (TPSA) is 35.6 Å². The van der Waals surface area contributed by atoms with Crippen LogP contribution >= 0.6 is 0 Å². The first kappa shape index (κ1) is 15.4. The van der Waals surface area contributed by atoms with Gasteiger partial charge in [0.15, 0.2) is 0 Å². The third-order valence-electron chi connectivity index (χ3n) is 3.58. The number of nitrogens with one attached hydrogen (secondary N) is 1. The smallest absolute Gasteiger partial charge is 0.236 e. The van der Waals surface area contributed by atoms with E-state index in [9.17, 15) is 4.79 Å². The number of nitrogens with zero attached hydrogens (tertiary/aromatic N) is 2. The van der Waals surface area contributed by atoms with Crippen LogP contribution in [0.25, 0.3) is 0 Å². The fraction of sp³-hybridized carbons (Fsp3) is 0.929. The van der Waals surface area contributed by atoms with E-state index >= 15 is 0 Å². The average Bonchev–Trinajstić information content (AvgIpc) is 2.28. The van der Waals surface area contributed by atoms with Gasteiger partial charge in [-0.1, -0.05) is 19.3 Å². The SMILES string of the molecule is CNCCCN(C)CC(=O)N1CCCCCCC1. The van der Waals surface area contributed by atoms with Crippen LogP contribution in [0.5, 0.6) is 0 Å². The van der Waals surface area contributed by atoms with E-state index in [-0.39, 0.29) is 0 Å². The lowest BCUT2D eigenvalue weighted by Gasteiger charge is -2.27. The van der Waals surface area contributed by atoms with Gasteiger partial charge in [0.25, 0.3) is 0 Å². The fourth-order valence-electron chi connectivity index (χ4n) is 2.43. The van der Waals surface area contributed by atoms with Crippen LogP contribution in [0.4, 0.5) is 0 Å². The molecule has 1 amide bonds. The summed E-state index contributed by atoms with van der Waals surface area (Å²) in [6, 6.07) is 0. The second-order valence-corrected chi connectivity index (χ2v) is 5.34. The van der Waals surface area contributed by atoms with Crippen LogP contribution in [-0.2, 0) is 4.79 Å². The highest BCUT2D eigenvalue weighted by Crippen LogP contribution is 2.10. The summed E-state index contributed by atoms with van der Waals surface area (Å²) in [5.41, 5.74) is 0. The van der Waals surface area contributed by atoms with Crippen molar-refractivity contribution in [1.82, 2.24) is 15.1 Å². The van der Waals surface area contributed by atoms with Gasteiger partial charge in [-0.25, -0.2) is 0 Å². The summed E-state index contributed by atoms with van der Waals surface area (Å²) in [6.07, 6.45) is 7.35. The largest absolute Gasteiger partial charge is 0.342 e. The van der Waals surface area contributed by atoms with Crippen molar-refractivity contribution in [1.29, 1.82) is 0 Å². The van der Waals surface area contributed by atoms with Crippen molar-refractivity contribution in [2.45, 2.75) is 38.5 Å². The van der Waals surface area contributed by atoms with Crippen molar-refractivity contribution in [3.8, 4) is 0 Å². The van der Waals surface area contributed by atoms with Gasteiger partial charge in [0.05, 0.1) is 6.54 Å². The lowest BCUT2D eigenvalue weighted by molar-refractivity contribution is -0.132. The van der Waals surface area contributed by atoms with Crippen LogP contribution in [0.15, 0.2) is 0 Å². The van der Waals surface area contributed by atoms with Crippen molar-refractivity contribution >= 4 is 5.91 Å². The highest BCUT2D eigenvalue weighted by atomic mass is 16.2. The predicted molar refractivity (Wildman–Crippen MR) is 75.7 cm³/mol. The molecule has 1 N–H and O–H groups in total. The van der Waals surface area contributed by atoms with Gasteiger partial charge in [-0.2, -0.15) is 0 Å². The third kappa shape index (κ3) is 6.36. The van der Waals surface area contributed by atoms with Crippen molar-refractivity contribution in [3.05, 3.63) is 0 Å². The maximum absolute atomic E-state index is 12.2. The Bertz CT molecular complexity index is 225. The molecule has 0 saturated carbocycles. The molecule has 18 heavy (non-hydrogen) atoms. The van der Waals surface area contributed by atoms with Gasteiger partial charge in [0.1, 0.15) is 0 Å². The second kappa shape index (κ2) is 9.34. The van der Waals surface area contributed by atoms with E-state index in [2.05, 4.69) is 15.1 Å². The van der Waals surface area contributed by atoms with Gasteiger partial charge >= 0.3 is 0 Å². The number of hydrogen-bond acceptors (Lipinski definition) is 3. The third-order valence-corrected chi connectivity index (χ3v) is 3.58. The quantitative estimate of drug-likeness (QED) is 0.727. The van der Waals surface area contributed by atoms with Crippen LogP contribution in [0.3, 0.4) is 0 Å². The molecule has 1 aliphatic heterocycles. The Morgan fingerprint density at radius 2 is 1.78 bits per heavy atom. The zero-order valence-corrected chi connectivity index (χ0v) is 12.1. The number of hydrogen-bond donors (Lipinski definition) is 1. The molecular formula is C14H29N3O. The minimum absolute atomic E-state index is 0.309. The first-order valence-electron chi connectivity index (χ1n) is 7.35. The molecule has 4 heteroatoms. The molecule has 0 bridgehead atoms. The van der Waals surface area contributed by atoms with E-state index in [1.54, 1.807) is 0 Å². The lowest BCUT2D eigenvalue weighted by atomic mass is 10.1. The minimum Gasteiger partial charge on any atom is -0.342 e. The Balaban J connectivity index is 2.24. The molecule has 1 fully saturated rings. The zero-order chi connectivity index (χ0) is 13.2. The van der Waals surface area contributed by atoms with Crippen LogP contribution < -0.4 is 5.32 Å². The highest BCUT2D eigenvalue weighted by molar-refractivity contribution is 5.78. The number of amides is 1. The van der Waals surface area contributed by atoms with Crippen LogP contribution in [0.1, 0.15) is 38.5 Å². The average molecular weight is 255 g/mol. The molecular weight excluding hydrogens is 226 g/mol. The summed E-state index contributed by atoms with van der Waals surface area (Å²) < 4.78 is 0. The van der Waals surface area contributed by atoms with Crippen LogP contribution in [0, 0.1) is 0 Å². The second-order valence-electron chi connectivity index (χ2n) is 5.34. The first-order chi connectivity index (χ1) is 8.74. The van der Waals surface area contributed by atoms with Gasteiger partial charge in [-0.3, -0.25) is 9.69 Å². The Morgan fingerprint density at radius 3 is 2.39 bits per heavy atom. The molecule has 0 aromatic heterocycles. The maximum atomic E-state index is 12.2. The molecule has 4 nitrogen and oxygen atoms in total. The van der Waals surface area contributed by atoms with Crippen molar-refractivity contribution in [2.24, 2.45) is 0 Å². The summed E-state index contributed by atoms with van der Waals surface area (Å²) in [5.74, 6) is 0.309. The molecule has 0 atom stereocenters. The van der Waals surface area contributed by atoms with Crippen molar-refractivity contribution < 1.29 is 4.79 Å². The van der Waals surface area contributed by atoms with Crippen LogP contribution in [-0.4, -0.2) is 62.5 Å². The molecule has 0 aromatic rings. The number of carbonyl (C=O) groups excluding carboxylic acids is 1. The van der Waals surface area contributed by atoms with Crippen LogP contribution in [0.2, 0.25) is 0 Å². The summed E-state index contributed by atoms with van der Waals surface area (Å²) in [7, 11) is 4.00. The van der Waals surface area contributed by atoms with E-state index < -0.39 is 0 Å². The molecule has 1 heterocycles. The minimum atomic E-state index is 0.309. The van der Waals surface area contributed by atoms with Gasteiger partial charge in [-0.05, 0) is 46.4 Å². The number of rotatable bonds is 6. The molecule has 0 radical (unpaired) electrons. The molecule has 1 saturated heterocycles. The molecule has 0 aromatic carbocycles. The van der Waals surface area contributed by atoms with Crippen molar-refractivity contribution in [3.63, 3.8) is 0 Å². The maximum Gasteiger partial charge on any atom is 0.236 e. The molecule has 0 aliphatic carbocycles. The molecule has 0 spiro atoms. The first-order valence-corrected chi connectivity index (χ1v) is 7.35. The number of likely N-dealkylation sites (tertiary alicyclic amines) is 1. The normalized spacial score (nSPS) is 17.6.